The van der Waals surface area contributed by atoms with Crippen LogP contribution in [0.25, 0.3) is 0 Å². The molecule has 3 unspecified atom stereocenters. The zero-order chi connectivity index (χ0) is 24.3. The summed E-state index contributed by atoms with van der Waals surface area (Å²) in [4.78, 5) is 29.4. The second-order valence-electron chi connectivity index (χ2n) is 8.78. The molecule has 1 aromatic carbocycles. The van der Waals surface area contributed by atoms with Gasteiger partial charge in [-0.25, -0.2) is 14.6 Å². The van der Waals surface area contributed by atoms with Crippen molar-refractivity contribution >= 4 is 35.3 Å². The molecule has 3 rings (SSSR count). The van der Waals surface area contributed by atoms with Gasteiger partial charge in [0.2, 0.25) is 5.88 Å². The molecule has 178 valence electrons. The number of hydrogen-bond donors (Lipinski definition) is 1. The number of nitrogens with zero attached hydrogens (tertiary/aromatic N) is 2. The minimum Gasteiger partial charge on any atom is -0.469 e. The van der Waals surface area contributed by atoms with Gasteiger partial charge in [0.1, 0.15) is 12.2 Å². The minimum absolute atomic E-state index is 0.0109. The van der Waals surface area contributed by atoms with E-state index in [2.05, 4.69) is 4.98 Å². The van der Waals surface area contributed by atoms with Gasteiger partial charge in [0.15, 0.2) is 5.69 Å². The van der Waals surface area contributed by atoms with Crippen molar-refractivity contribution in [1.82, 2.24) is 9.88 Å². The molecule has 10 heteroatoms. The third kappa shape index (κ3) is 6.07. The topological polar surface area (TPSA) is 98.2 Å². The summed E-state index contributed by atoms with van der Waals surface area (Å²) in [5, 5.41) is 10.5. The molecule has 3 atom stereocenters. The fourth-order valence-corrected chi connectivity index (χ4v) is 3.77. The molecule has 1 fully saturated rings. The summed E-state index contributed by atoms with van der Waals surface area (Å²) in [6.45, 7) is 6.10. The van der Waals surface area contributed by atoms with E-state index >= 15 is 0 Å². The monoisotopic (exact) mass is 496 g/mol. The number of benzene rings is 1. The van der Waals surface area contributed by atoms with Crippen LogP contribution in [0.2, 0.25) is 10.0 Å². The number of rotatable bonds is 4. The molecule has 8 nitrogen and oxygen atoms in total. The van der Waals surface area contributed by atoms with Crippen LogP contribution in [0, 0.1) is 5.41 Å². The van der Waals surface area contributed by atoms with Crippen LogP contribution < -0.4 is 4.74 Å². The molecular weight excluding hydrogens is 471 g/mol. The first-order valence-electron chi connectivity index (χ1n) is 10.3. The summed E-state index contributed by atoms with van der Waals surface area (Å²) in [5.74, 6) is -0.477. The number of carbonyl (C=O) groups is 2. The van der Waals surface area contributed by atoms with Crippen molar-refractivity contribution in [2.24, 2.45) is 5.41 Å². The molecule has 33 heavy (non-hydrogen) atoms. The van der Waals surface area contributed by atoms with Crippen molar-refractivity contribution in [3.05, 3.63) is 57.7 Å². The highest BCUT2D eigenvalue weighted by Crippen LogP contribution is 2.37. The standard InChI is InChI=1S/C23H26Cl2N2O6/c1-23(2,3)18-12-27(22(29)30)11-17(20(33-18)13-8-9-14(24)15(25)10-13)32-19-7-5-6-16(26-19)21(28)31-4/h5-10,17-18,20H,11-12H2,1-4H3,(H,29,30). The van der Waals surface area contributed by atoms with E-state index in [4.69, 9.17) is 37.4 Å². The van der Waals surface area contributed by atoms with Gasteiger partial charge in [-0.05, 0) is 29.2 Å². The smallest absolute Gasteiger partial charge is 0.407 e. The van der Waals surface area contributed by atoms with Crippen LogP contribution in [-0.2, 0) is 9.47 Å². The second-order valence-corrected chi connectivity index (χ2v) is 9.60. The SMILES string of the molecule is COC(=O)c1cccc(OC2CN(C(=O)O)CC(C(C)(C)C)OC2c2ccc(Cl)c(Cl)c2)n1. The van der Waals surface area contributed by atoms with Gasteiger partial charge in [-0.3, -0.25) is 0 Å². The van der Waals surface area contributed by atoms with Crippen LogP contribution >= 0.6 is 23.2 Å². The lowest BCUT2D eigenvalue weighted by molar-refractivity contribution is -0.0911. The molecule has 2 aromatic rings. The number of carbonyl (C=O) groups excluding carboxylic acids is 1. The van der Waals surface area contributed by atoms with Crippen molar-refractivity contribution < 1.29 is 28.9 Å². The van der Waals surface area contributed by atoms with E-state index in [1.54, 1.807) is 30.3 Å². The highest BCUT2D eigenvalue weighted by molar-refractivity contribution is 6.42. The molecular formula is C23H26Cl2N2O6. The minimum atomic E-state index is -1.09. The summed E-state index contributed by atoms with van der Waals surface area (Å²) in [6.07, 6.45) is -2.99. The summed E-state index contributed by atoms with van der Waals surface area (Å²) in [6, 6.07) is 9.78. The molecule has 0 saturated carbocycles. The van der Waals surface area contributed by atoms with E-state index in [-0.39, 0.29) is 30.1 Å². The molecule has 1 aliphatic heterocycles. The predicted octanol–water partition coefficient (Wildman–Crippen LogP) is 5.09. The Morgan fingerprint density at radius 2 is 1.88 bits per heavy atom. The van der Waals surface area contributed by atoms with Crippen LogP contribution in [-0.4, -0.2) is 59.5 Å². The second kappa shape index (κ2) is 10.2. The molecule has 0 aliphatic carbocycles. The normalized spacial score (nSPS) is 21.3. The largest absolute Gasteiger partial charge is 0.469 e. The molecule has 1 aliphatic rings. The van der Waals surface area contributed by atoms with Crippen LogP contribution in [0.15, 0.2) is 36.4 Å². The first-order valence-corrected chi connectivity index (χ1v) is 11.1. The number of carboxylic acid groups (broad SMARTS) is 1. The van der Waals surface area contributed by atoms with E-state index < -0.39 is 30.4 Å². The van der Waals surface area contributed by atoms with Gasteiger partial charge in [-0.1, -0.05) is 56.1 Å². The Hall–Kier alpha value is -2.55. The predicted molar refractivity (Wildman–Crippen MR) is 123 cm³/mol. The first kappa shape index (κ1) is 25.1. The van der Waals surface area contributed by atoms with Gasteiger partial charge in [0.25, 0.3) is 0 Å². The van der Waals surface area contributed by atoms with E-state index in [0.29, 0.717) is 15.6 Å². The lowest BCUT2D eigenvalue weighted by Gasteiger charge is -2.34. The fourth-order valence-electron chi connectivity index (χ4n) is 3.46. The van der Waals surface area contributed by atoms with E-state index in [9.17, 15) is 14.7 Å². The number of methoxy groups -OCH3 is 1. The lowest BCUT2D eigenvalue weighted by Crippen LogP contribution is -2.43. The third-order valence-corrected chi connectivity index (χ3v) is 6.07. The summed E-state index contributed by atoms with van der Waals surface area (Å²) < 4.78 is 17.3. The van der Waals surface area contributed by atoms with Crippen molar-refractivity contribution in [2.45, 2.75) is 39.1 Å². The van der Waals surface area contributed by atoms with E-state index in [0.717, 1.165) is 0 Å². The molecule has 2 heterocycles. The van der Waals surface area contributed by atoms with Crippen molar-refractivity contribution in [2.75, 3.05) is 20.2 Å². The quantitative estimate of drug-likeness (QED) is 0.588. The maximum Gasteiger partial charge on any atom is 0.407 e. The van der Waals surface area contributed by atoms with E-state index in [1.807, 2.05) is 20.8 Å². The van der Waals surface area contributed by atoms with Gasteiger partial charge in [-0.15, -0.1) is 0 Å². The average molecular weight is 497 g/mol. The third-order valence-electron chi connectivity index (χ3n) is 5.33. The number of amides is 1. The highest BCUT2D eigenvalue weighted by atomic mass is 35.5. The fraction of sp³-hybridized carbons (Fsp3) is 0.435. The van der Waals surface area contributed by atoms with Gasteiger partial charge >= 0.3 is 12.1 Å². The number of esters is 1. The summed E-state index contributed by atoms with van der Waals surface area (Å²) in [5.41, 5.74) is 0.387. The number of halogens is 2. The Bertz CT molecular complexity index is 1030. The van der Waals surface area contributed by atoms with Crippen LogP contribution in [0.5, 0.6) is 5.88 Å². The zero-order valence-corrected chi connectivity index (χ0v) is 20.3. The Balaban J connectivity index is 2.04. The molecule has 0 radical (unpaired) electrons. The molecule has 1 aromatic heterocycles. The number of ether oxygens (including phenoxy) is 3. The van der Waals surface area contributed by atoms with Gasteiger partial charge in [0, 0.05) is 6.07 Å². The maximum atomic E-state index is 12.0. The van der Waals surface area contributed by atoms with Gasteiger partial charge < -0.3 is 24.2 Å². The van der Waals surface area contributed by atoms with Crippen molar-refractivity contribution in [1.29, 1.82) is 0 Å². The van der Waals surface area contributed by atoms with Crippen molar-refractivity contribution in [3.8, 4) is 5.88 Å². The summed E-state index contributed by atoms with van der Waals surface area (Å²) >= 11 is 12.4. The molecule has 1 amide bonds. The van der Waals surface area contributed by atoms with E-state index in [1.165, 1.54) is 18.1 Å². The Kier molecular flexibility index (Phi) is 7.72. The van der Waals surface area contributed by atoms with Crippen LogP contribution in [0.3, 0.4) is 0 Å². The van der Waals surface area contributed by atoms with Crippen LogP contribution in [0.4, 0.5) is 4.79 Å². The zero-order valence-electron chi connectivity index (χ0n) is 18.7. The molecule has 1 N–H and O–H groups in total. The molecule has 1 saturated heterocycles. The molecule has 0 spiro atoms. The lowest BCUT2D eigenvalue weighted by atomic mass is 9.88. The van der Waals surface area contributed by atoms with Crippen LogP contribution in [0.1, 0.15) is 42.9 Å². The Morgan fingerprint density at radius 3 is 2.48 bits per heavy atom. The van der Waals surface area contributed by atoms with Crippen molar-refractivity contribution in [3.63, 3.8) is 0 Å². The van der Waals surface area contributed by atoms with Gasteiger partial charge in [0.05, 0.1) is 36.3 Å². The maximum absolute atomic E-state index is 12.0. The number of hydrogen-bond acceptors (Lipinski definition) is 6. The number of pyridine rings is 1. The number of aromatic nitrogens is 1. The highest BCUT2D eigenvalue weighted by Gasteiger charge is 2.41. The Morgan fingerprint density at radius 1 is 1.15 bits per heavy atom. The summed E-state index contributed by atoms with van der Waals surface area (Å²) in [7, 11) is 1.26. The molecule has 0 bridgehead atoms. The first-order chi connectivity index (χ1) is 15.5. The average Bonchev–Trinajstić information content (AvgIpc) is 2.95. The Labute approximate surface area is 202 Å². The van der Waals surface area contributed by atoms with Gasteiger partial charge in [-0.2, -0.15) is 0 Å².